The second kappa shape index (κ2) is 3.99. The molecule has 1 aliphatic carbocycles. The van der Waals surface area contributed by atoms with E-state index in [0.29, 0.717) is 11.9 Å². The van der Waals surface area contributed by atoms with Gasteiger partial charge in [0.1, 0.15) is 11.6 Å². The smallest absolute Gasteiger partial charge is 0.146 e. The number of nitrogens with two attached hydrogens (primary N) is 1. The quantitative estimate of drug-likeness (QED) is 0.788. The van der Waals surface area contributed by atoms with Crippen LogP contribution in [0.3, 0.4) is 0 Å². The van der Waals surface area contributed by atoms with Gasteiger partial charge in [0.25, 0.3) is 0 Å². The standard InChI is InChI=1S/C14H14ClN5/c1-19-13(16)10(7-17-19)14-18-11-5-2-8(15)6-12(11)20(14)9-3-4-9/h2,5-7,9H,3-4,16H2,1H3. The first kappa shape index (κ1) is 11.8. The highest BCUT2D eigenvalue weighted by Crippen LogP contribution is 2.42. The van der Waals surface area contributed by atoms with Crippen LogP contribution in [0.5, 0.6) is 0 Å². The third-order valence-corrected chi connectivity index (χ3v) is 4.02. The molecule has 2 N–H and O–H groups in total. The number of nitrogen functional groups attached to an aromatic ring is 1. The number of benzene rings is 1. The van der Waals surface area contributed by atoms with Gasteiger partial charge < -0.3 is 10.3 Å². The lowest BCUT2D eigenvalue weighted by Gasteiger charge is -2.07. The summed E-state index contributed by atoms with van der Waals surface area (Å²) < 4.78 is 3.91. The highest BCUT2D eigenvalue weighted by Gasteiger charge is 2.29. The minimum absolute atomic E-state index is 0.494. The van der Waals surface area contributed by atoms with Gasteiger partial charge >= 0.3 is 0 Å². The molecule has 1 saturated carbocycles. The molecule has 0 bridgehead atoms. The van der Waals surface area contributed by atoms with Gasteiger partial charge in [0.05, 0.1) is 22.8 Å². The summed E-state index contributed by atoms with van der Waals surface area (Å²) in [6.07, 6.45) is 4.12. The summed E-state index contributed by atoms with van der Waals surface area (Å²) in [7, 11) is 1.83. The fourth-order valence-corrected chi connectivity index (χ4v) is 2.74. The van der Waals surface area contributed by atoms with Crippen LogP contribution in [-0.2, 0) is 7.05 Å². The molecule has 0 unspecified atom stereocenters. The molecule has 0 amide bonds. The van der Waals surface area contributed by atoms with E-state index >= 15 is 0 Å². The van der Waals surface area contributed by atoms with Crippen molar-refractivity contribution in [2.45, 2.75) is 18.9 Å². The average molecular weight is 288 g/mol. The number of rotatable bonds is 2. The number of halogens is 1. The molecule has 2 heterocycles. The van der Waals surface area contributed by atoms with Crippen molar-refractivity contribution >= 4 is 28.5 Å². The van der Waals surface area contributed by atoms with Crippen LogP contribution in [0.2, 0.25) is 5.02 Å². The van der Waals surface area contributed by atoms with E-state index in [2.05, 4.69) is 9.67 Å². The lowest BCUT2D eigenvalue weighted by atomic mass is 10.3. The minimum atomic E-state index is 0.494. The van der Waals surface area contributed by atoms with E-state index in [0.717, 1.165) is 27.4 Å². The zero-order chi connectivity index (χ0) is 13.9. The van der Waals surface area contributed by atoms with Gasteiger partial charge in [0.2, 0.25) is 0 Å². The van der Waals surface area contributed by atoms with E-state index in [9.17, 15) is 0 Å². The van der Waals surface area contributed by atoms with Gasteiger partial charge in [0.15, 0.2) is 0 Å². The van der Waals surface area contributed by atoms with Crippen molar-refractivity contribution in [3.63, 3.8) is 0 Å². The van der Waals surface area contributed by atoms with Crippen molar-refractivity contribution < 1.29 is 0 Å². The molecule has 1 aromatic carbocycles. The third-order valence-electron chi connectivity index (χ3n) is 3.79. The number of aryl methyl sites for hydroxylation is 1. The molecule has 0 spiro atoms. The molecule has 6 heteroatoms. The highest BCUT2D eigenvalue weighted by molar-refractivity contribution is 6.31. The normalized spacial score (nSPS) is 15.1. The van der Waals surface area contributed by atoms with Crippen molar-refractivity contribution in [3.8, 4) is 11.4 Å². The fourth-order valence-electron chi connectivity index (χ4n) is 2.58. The number of anilines is 1. The van der Waals surface area contributed by atoms with Crippen LogP contribution in [-0.4, -0.2) is 19.3 Å². The van der Waals surface area contributed by atoms with E-state index in [1.54, 1.807) is 10.9 Å². The molecule has 1 aliphatic rings. The first-order chi connectivity index (χ1) is 9.65. The fraction of sp³-hybridized carbons (Fsp3) is 0.286. The molecule has 5 nitrogen and oxygen atoms in total. The van der Waals surface area contributed by atoms with Gasteiger partial charge in [-0.25, -0.2) is 4.98 Å². The number of fused-ring (bicyclic) bond motifs is 1. The SMILES string of the molecule is Cn1ncc(-c2nc3ccc(Cl)cc3n2C2CC2)c1N. The lowest BCUT2D eigenvalue weighted by molar-refractivity contribution is 0.773. The van der Waals surface area contributed by atoms with Crippen LogP contribution in [0.15, 0.2) is 24.4 Å². The molecule has 4 rings (SSSR count). The van der Waals surface area contributed by atoms with Crippen molar-refractivity contribution in [3.05, 3.63) is 29.4 Å². The molecular formula is C14H14ClN5. The maximum atomic E-state index is 6.12. The Bertz CT molecular complexity index is 812. The molecule has 20 heavy (non-hydrogen) atoms. The summed E-state index contributed by atoms with van der Waals surface area (Å²) in [6.45, 7) is 0. The summed E-state index contributed by atoms with van der Waals surface area (Å²) >= 11 is 6.12. The van der Waals surface area contributed by atoms with E-state index in [4.69, 9.17) is 22.3 Å². The van der Waals surface area contributed by atoms with Crippen LogP contribution in [0.1, 0.15) is 18.9 Å². The summed E-state index contributed by atoms with van der Waals surface area (Å²) in [5.41, 5.74) is 8.99. The van der Waals surface area contributed by atoms with Gasteiger partial charge in [-0.2, -0.15) is 5.10 Å². The molecule has 0 radical (unpaired) electrons. The van der Waals surface area contributed by atoms with Crippen molar-refractivity contribution in [1.29, 1.82) is 0 Å². The first-order valence-corrected chi connectivity index (χ1v) is 6.98. The predicted octanol–water partition coefficient (Wildman–Crippen LogP) is 3.01. The Morgan fingerprint density at radius 1 is 1.35 bits per heavy atom. The summed E-state index contributed by atoms with van der Waals surface area (Å²) in [6, 6.07) is 6.28. The van der Waals surface area contributed by atoms with Gasteiger partial charge in [-0.1, -0.05) is 11.6 Å². The zero-order valence-electron chi connectivity index (χ0n) is 11.0. The van der Waals surface area contributed by atoms with Crippen molar-refractivity contribution in [1.82, 2.24) is 19.3 Å². The van der Waals surface area contributed by atoms with Crippen LogP contribution in [0.25, 0.3) is 22.4 Å². The van der Waals surface area contributed by atoms with Gasteiger partial charge in [0, 0.05) is 18.1 Å². The van der Waals surface area contributed by atoms with Crippen LogP contribution in [0.4, 0.5) is 5.82 Å². The number of aromatic nitrogens is 4. The predicted molar refractivity (Wildman–Crippen MR) is 79.6 cm³/mol. The van der Waals surface area contributed by atoms with Gasteiger partial charge in [-0.3, -0.25) is 4.68 Å². The van der Waals surface area contributed by atoms with E-state index in [-0.39, 0.29) is 0 Å². The molecule has 0 aliphatic heterocycles. The molecule has 3 aromatic rings. The molecule has 0 atom stereocenters. The Hall–Kier alpha value is -2.01. The molecule has 102 valence electrons. The van der Waals surface area contributed by atoms with Gasteiger partial charge in [-0.15, -0.1) is 0 Å². The second-order valence-corrected chi connectivity index (χ2v) is 5.67. The van der Waals surface area contributed by atoms with E-state index < -0.39 is 0 Å². The van der Waals surface area contributed by atoms with Gasteiger partial charge in [-0.05, 0) is 31.0 Å². The molecule has 2 aromatic heterocycles. The molecule has 0 saturated heterocycles. The van der Waals surface area contributed by atoms with Crippen LogP contribution in [0, 0.1) is 0 Å². The Morgan fingerprint density at radius 3 is 2.80 bits per heavy atom. The zero-order valence-corrected chi connectivity index (χ0v) is 11.8. The number of hydrogen-bond acceptors (Lipinski definition) is 3. The average Bonchev–Trinajstić information content (AvgIpc) is 3.12. The third kappa shape index (κ3) is 1.63. The highest BCUT2D eigenvalue weighted by atomic mass is 35.5. The van der Waals surface area contributed by atoms with Crippen molar-refractivity contribution in [2.24, 2.45) is 7.05 Å². The van der Waals surface area contributed by atoms with Crippen molar-refractivity contribution in [2.75, 3.05) is 5.73 Å². The maximum absolute atomic E-state index is 6.12. The summed E-state index contributed by atoms with van der Waals surface area (Å²) in [5.74, 6) is 1.52. The van der Waals surface area contributed by atoms with Crippen LogP contribution >= 0.6 is 11.6 Å². The number of nitrogens with zero attached hydrogens (tertiary/aromatic N) is 4. The maximum Gasteiger partial charge on any atom is 0.146 e. The van der Waals surface area contributed by atoms with Crippen LogP contribution < -0.4 is 5.73 Å². The number of hydrogen-bond donors (Lipinski definition) is 1. The van der Waals surface area contributed by atoms with E-state index in [1.165, 1.54) is 12.8 Å². The monoisotopic (exact) mass is 287 g/mol. The number of imidazole rings is 1. The Labute approximate surface area is 121 Å². The molecule has 1 fully saturated rings. The molecular weight excluding hydrogens is 274 g/mol. The second-order valence-electron chi connectivity index (χ2n) is 5.24. The summed E-state index contributed by atoms with van der Waals surface area (Å²) in [5, 5.41) is 4.94. The Balaban J connectivity index is 2.03. The first-order valence-electron chi connectivity index (χ1n) is 6.60. The Kier molecular flexibility index (Phi) is 2.35. The summed E-state index contributed by atoms with van der Waals surface area (Å²) in [4.78, 5) is 4.73. The largest absolute Gasteiger partial charge is 0.383 e. The van der Waals surface area contributed by atoms with E-state index in [1.807, 2.05) is 25.2 Å². The topological polar surface area (TPSA) is 61.7 Å². The Morgan fingerprint density at radius 2 is 2.15 bits per heavy atom. The lowest BCUT2D eigenvalue weighted by Crippen LogP contribution is -2.01. The minimum Gasteiger partial charge on any atom is -0.383 e.